The first-order chi connectivity index (χ1) is 13.8. The second-order valence-electron chi connectivity index (χ2n) is 6.39. The molecule has 0 saturated heterocycles. The van der Waals surface area contributed by atoms with E-state index in [1.54, 1.807) is 6.33 Å². The van der Waals surface area contributed by atoms with Gasteiger partial charge in [-0.25, -0.2) is 9.97 Å². The number of anilines is 2. The molecule has 0 saturated carbocycles. The maximum Gasteiger partial charge on any atom is 0.141 e. The van der Waals surface area contributed by atoms with Crippen molar-refractivity contribution in [3.8, 4) is 11.1 Å². The summed E-state index contributed by atoms with van der Waals surface area (Å²) in [5.41, 5.74) is 5.92. The van der Waals surface area contributed by atoms with Crippen LogP contribution >= 0.6 is 0 Å². The van der Waals surface area contributed by atoms with E-state index in [0.29, 0.717) is 0 Å². The summed E-state index contributed by atoms with van der Waals surface area (Å²) >= 11 is 0. The summed E-state index contributed by atoms with van der Waals surface area (Å²) in [6, 6.07) is 22.0. The molecule has 0 radical (unpaired) electrons. The quantitative estimate of drug-likeness (QED) is 0.428. The number of fused-ring (bicyclic) bond motifs is 1. The third-order valence-corrected chi connectivity index (χ3v) is 4.58. The van der Waals surface area contributed by atoms with Crippen molar-refractivity contribution in [1.82, 2.24) is 9.97 Å². The fraction of sp³-hybridized carbons (Fsp3) is 0.0435. The Kier molecular flexibility index (Phi) is 4.89. The van der Waals surface area contributed by atoms with Gasteiger partial charge in [0, 0.05) is 11.1 Å². The lowest BCUT2D eigenvalue weighted by Crippen LogP contribution is -1.96. The first-order valence-electron chi connectivity index (χ1n) is 8.89. The highest BCUT2D eigenvalue weighted by molar-refractivity contribution is 5.93. The molecule has 4 aromatic rings. The van der Waals surface area contributed by atoms with Crippen molar-refractivity contribution in [3.05, 3.63) is 95.7 Å². The van der Waals surface area contributed by atoms with Gasteiger partial charge in [0.25, 0.3) is 0 Å². The molecule has 0 aliphatic rings. The van der Waals surface area contributed by atoms with Crippen LogP contribution < -0.4 is 5.32 Å². The van der Waals surface area contributed by atoms with Crippen molar-refractivity contribution >= 4 is 28.5 Å². The van der Waals surface area contributed by atoms with Crippen LogP contribution in [0.5, 0.6) is 0 Å². The average Bonchev–Trinajstić information content (AvgIpc) is 2.75. The Bertz CT molecular complexity index is 1140. The van der Waals surface area contributed by atoms with E-state index in [0.717, 1.165) is 44.7 Å². The van der Waals surface area contributed by atoms with Crippen molar-refractivity contribution in [2.24, 2.45) is 5.18 Å². The molecule has 5 nitrogen and oxygen atoms in total. The fourth-order valence-corrected chi connectivity index (χ4v) is 3.05. The van der Waals surface area contributed by atoms with Crippen molar-refractivity contribution in [2.45, 2.75) is 6.54 Å². The lowest BCUT2D eigenvalue weighted by Gasteiger charge is -2.10. The highest BCUT2D eigenvalue weighted by atomic mass is 16.3. The molecular formula is C23H18N4O. The first-order valence-corrected chi connectivity index (χ1v) is 8.89. The predicted octanol–water partition coefficient (Wildman–Crippen LogP) is 5.95. The van der Waals surface area contributed by atoms with Crippen LogP contribution in [0.3, 0.4) is 0 Å². The molecule has 0 aliphatic carbocycles. The van der Waals surface area contributed by atoms with Gasteiger partial charge in [0.1, 0.15) is 18.7 Å². The lowest BCUT2D eigenvalue weighted by atomic mass is 10.0. The lowest BCUT2D eigenvalue weighted by molar-refractivity contribution is 1.06. The van der Waals surface area contributed by atoms with Crippen molar-refractivity contribution < 1.29 is 0 Å². The van der Waals surface area contributed by atoms with Crippen molar-refractivity contribution in [1.29, 1.82) is 0 Å². The summed E-state index contributed by atoms with van der Waals surface area (Å²) in [7, 11) is 0. The number of nitrogens with zero attached hydrogens (tertiary/aromatic N) is 3. The average molecular weight is 366 g/mol. The summed E-state index contributed by atoms with van der Waals surface area (Å²) < 4.78 is 0. The zero-order chi connectivity index (χ0) is 19.3. The molecule has 136 valence electrons. The summed E-state index contributed by atoms with van der Waals surface area (Å²) in [4.78, 5) is 19.2. The molecule has 0 aliphatic heterocycles. The van der Waals surface area contributed by atoms with Crippen LogP contribution in [0.25, 0.3) is 28.1 Å². The third kappa shape index (κ3) is 3.64. The number of hydrogen-bond acceptors (Lipinski definition) is 5. The van der Waals surface area contributed by atoms with Gasteiger partial charge in [0.2, 0.25) is 0 Å². The Morgan fingerprint density at radius 3 is 2.39 bits per heavy atom. The molecule has 0 fully saturated rings. The topological polar surface area (TPSA) is 67.2 Å². The van der Waals surface area contributed by atoms with Crippen LogP contribution in [0.15, 0.2) is 84.8 Å². The molecule has 28 heavy (non-hydrogen) atoms. The van der Waals surface area contributed by atoms with E-state index in [1.165, 1.54) is 0 Å². The summed E-state index contributed by atoms with van der Waals surface area (Å²) in [5.74, 6) is 0.732. The van der Waals surface area contributed by atoms with Crippen LogP contribution in [-0.4, -0.2) is 9.97 Å². The van der Waals surface area contributed by atoms with Gasteiger partial charge in [0.15, 0.2) is 0 Å². The molecule has 1 heterocycles. The molecule has 0 spiro atoms. The van der Waals surface area contributed by atoms with Crippen molar-refractivity contribution in [3.63, 3.8) is 0 Å². The molecule has 0 bridgehead atoms. The molecule has 0 amide bonds. The van der Waals surface area contributed by atoms with Gasteiger partial charge in [-0.2, -0.15) is 4.91 Å². The van der Waals surface area contributed by atoms with E-state index in [4.69, 9.17) is 0 Å². The Hall–Kier alpha value is -3.86. The van der Waals surface area contributed by atoms with E-state index in [2.05, 4.69) is 51.3 Å². The number of rotatable bonds is 6. The Labute approximate surface area is 162 Å². The number of hydrogen-bond donors (Lipinski definition) is 1. The Morgan fingerprint density at radius 2 is 1.68 bits per heavy atom. The highest BCUT2D eigenvalue weighted by Gasteiger charge is 2.07. The predicted molar refractivity (Wildman–Crippen MR) is 114 cm³/mol. The Balaban J connectivity index is 1.69. The minimum absolute atomic E-state index is 0.171. The minimum atomic E-state index is 0.171. The highest BCUT2D eigenvalue weighted by Crippen LogP contribution is 2.29. The molecule has 1 N–H and O–H groups in total. The minimum Gasteiger partial charge on any atom is -0.340 e. The van der Waals surface area contributed by atoms with Gasteiger partial charge in [-0.05, 0) is 46.5 Å². The summed E-state index contributed by atoms with van der Waals surface area (Å²) in [6.07, 6.45) is 3.38. The number of benzene rings is 3. The van der Waals surface area contributed by atoms with Crippen LogP contribution in [0.1, 0.15) is 11.1 Å². The molecule has 5 heteroatoms. The third-order valence-electron chi connectivity index (χ3n) is 4.58. The standard InChI is InChI=1S/C23H18N4O/c1-2-16-3-7-18(8-4-16)19-9-12-22-21(13-19)23(25-15-24-22)27-20-10-5-17(6-11-20)14-26-28/h2-13,15H,1,14H2,(H,24,25,27). The molecule has 4 rings (SSSR count). The summed E-state index contributed by atoms with van der Waals surface area (Å²) in [6.45, 7) is 3.97. The molecule has 1 aromatic heterocycles. The Morgan fingerprint density at radius 1 is 0.929 bits per heavy atom. The SMILES string of the molecule is C=Cc1ccc(-c2ccc3ncnc(Nc4ccc(CN=O)cc4)c3c2)cc1. The number of aromatic nitrogens is 2. The van der Waals surface area contributed by atoms with Gasteiger partial charge >= 0.3 is 0 Å². The zero-order valence-electron chi connectivity index (χ0n) is 15.2. The molecule has 0 unspecified atom stereocenters. The maximum absolute atomic E-state index is 10.4. The van der Waals surface area contributed by atoms with Crippen LogP contribution in [0, 0.1) is 4.91 Å². The van der Waals surface area contributed by atoms with E-state index in [9.17, 15) is 4.91 Å². The molecule has 0 atom stereocenters. The molecule has 3 aromatic carbocycles. The smallest absolute Gasteiger partial charge is 0.141 e. The summed E-state index contributed by atoms with van der Waals surface area (Å²) in [5, 5.41) is 7.19. The van der Waals surface area contributed by atoms with Gasteiger partial charge < -0.3 is 5.32 Å². The van der Waals surface area contributed by atoms with E-state index >= 15 is 0 Å². The van der Waals surface area contributed by atoms with Crippen LogP contribution in [0.4, 0.5) is 11.5 Å². The first kappa shape index (κ1) is 17.5. The zero-order valence-corrected chi connectivity index (χ0v) is 15.2. The number of nitrogens with one attached hydrogen (secondary N) is 1. The van der Waals surface area contributed by atoms with Gasteiger partial charge in [-0.3, -0.25) is 0 Å². The monoisotopic (exact) mass is 366 g/mol. The van der Waals surface area contributed by atoms with Gasteiger partial charge in [-0.1, -0.05) is 60.3 Å². The van der Waals surface area contributed by atoms with Gasteiger partial charge in [-0.15, -0.1) is 0 Å². The van der Waals surface area contributed by atoms with Gasteiger partial charge in [0.05, 0.1) is 5.52 Å². The largest absolute Gasteiger partial charge is 0.340 e. The number of nitroso groups, excluding NO2 is 1. The van der Waals surface area contributed by atoms with Crippen molar-refractivity contribution in [2.75, 3.05) is 5.32 Å². The van der Waals surface area contributed by atoms with Crippen LogP contribution in [0.2, 0.25) is 0 Å². The van der Waals surface area contributed by atoms with Crippen LogP contribution in [-0.2, 0) is 6.54 Å². The second-order valence-corrected chi connectivity index (χ2v) is 6.39. The second kappa shape index (κ2) is 7.80. The maximum atomic E-state index is 10.4. The van der Waals surface area contributed by atoms with E-state index in [1.807, 2.05) is 48.5 Å². The van der Waals surface area contributed by atoms with E-state index < -0.39 is 0 Å². The fourth-order valence-electron chi connectivity index (χ4n) is 3.05. The molecular weight excluding hydrogens is 348 g/mol. The van der Waals surface area contributed by atoms with E-state index in [-0.39, 0.29) is 6.54 Å². The normalized spacial score (nSPS) is 10.6.